The summed E-state index contributed by atoms with van der Waals surface area (Å²) in [6.07, 6.45) is 2.44. The number of nitrogens with zero attached hydrogens (tertiary/aromatic N) is 2. The van der Waals surface area contributed by atoms with Crippen LogP contribution < -0.4 is 0 Å². The zero-order chi connectivity index (χ0) is 11.7. The Labute approximate surface area is 104 Å². The molecule has 0 amide bonds. The van der Waals surface area contributed by atoms with Gasteiger partial charge in [-0.2, -0.15) is 5.26 Å². The quantitative estimate of drug-likeness (QED) is 0.746. The van der Waals surface area contributed by atoms with Crippen molar-refractivity contribution in [3.63, 3.8) is 0 Å². The molecule has 2 nitrogen and oxygen atoms in total. The Kier molecular flexibility index (Phi) is 3.11. The molecular weight excluding hydrogens is 264 g/mol. The minimum Gasteiger partial charge on any atom is -0.246 e. The van der Waals surface area contributed by atoms with Crippen LogP contribution in [0.15, 0.2) is 17.1 Å². The SMILES string of the molecule is CC(Br)=Nc1c(C)cc(C#N)cc1C1CC1. The van der Waals surface area contributed by atoms with Crippen molar-refractivity contribution >= 4 is 26.2 Å². The third-order valence-electron chi connectivity index (χ3n) is 2.74. The Hall–Kier alpha value is -1.14. The molecule has 2 rings (SSSR count). The Morgan fingerprint density at radius 2 is 2.19 bits per heavy atom. The van der Waals surface area contributed by atoms with Crippen LogP contribution in [0.25, 0.3) is 0 Å². The molecule has 0 spiro atoms. The van der Waals surface area contributed by atoms with Crippen molar-refractivity contribution in [2.75, 3.05) is 0 Å². The molecule has 1 aromatic carbocycles. The van der Waals surface area contributed by atoms with Crippen molar-refractivity contribution in [2.45, 2.75) is 32.6 Å². The second-order valence-corrected chi connectivity index (χ2v) is 5.37. The van der Waals surface area contributed by atoms with Crippen LogP contribution in [0.5, 0.6) is 0 Å². The summed E-state index contributed by atoms with van der Waals surface area (Å²) in [6, 6.07) is 6.10. The molecule has 1 fully saturated rings. The van der Waals surface area contributed by atoms with Crippen molar-refractivity contribution in [3.8, 4) is 6.07 Å². The standard InChI is InChI=1S/C13H13BrN2/c1-8-5-10(7-15)6-12(11-3-4-11)13(8)16-9(2)14/h5-6,11H,3-4H2,1-2H3. The maximum absolute atomic E-state index is 8.97. The molecule has 0 aromatic heterocycles. The van der Waals surface area contributed by atoms with Crippen LogP contribution in [0, 0.1) is 18.3 Å². The molecule has 16 heavy (non-hydrogen) atoms. The number of aliphatic imine (C=N–C) groups is 1. The third kappa shape index (κ3) is 2.33. The van der Waals surface area contributed by atoms with Gasteiger partial charge >= 0.3 is 0 Å². The van der Waals surface area contributed by atoms with E-state index < -0.39 is 0 Å². The summed E-state index contributed by atoms with van der Waals surface area (Å²) >= 11 is 3.37. The van der Waals surface area contributed by atoms with Crippen LogP contribution in [0.2, 0.25) is 0 Å². The summed E-state index contributed by atoms with van der Waals surface area (Å²) in [5.74, 6) is 0.609. The lowest BCUT2D eigenvalue weighted by Crippen LogP contribution is -1.89. The largest absolute Gasteiger partial charge is 0.246 e. The van der Waals surface area contributed by atoms with Gasteiger partial charge in [-0.1, -0.05) is 0 Å². The predicted molar refractivity (Wildman–Crippen MR) is 69.6 cm³/mol. The first kappa shape index (κ1) is 11.3. The number of hydrogen-bond donors (Lipinski definition) is 0. The lowest BCUT2D eigenvalue weighted by Gasteiger charge is -2.08. The van der Waals surface area contributed by atoms with E-state index in [4.69, 9.17) is 5.26 Å². The van der Waals surface area contributed by atoms with Crippen molar-refractivity contribution in [3.05, 3.63) is 28.8 Å². The summed E-state index contributed by atoms with van der Waals surface area (Å²) in [7, 11) is 0. The van der Waals surface area contributed by atoms with E-state index in [1.807, 2.05) is 26.0 Å². The lowest BCUT2D eigenvalue weighted by molar-refractivity contribution is 1.11. The maximum Gasteiger partial charge on any atom is 0.0991 e. The molecule has 1 aliphatic carbocycles. The first-order valence-electron chi connectivity index (χ1n) is 5.37. The highest BCUT2D eigenvalue weighted by Crippen LogP contribution is 2.45. The van der Waals surface area contributed by atoms with Crippen LogP contribution in [0.4, 0.5) is 5.69 Å². The maximum atomic E-state index is 8.97. The highest BCUT2D eigenvalue weighted by Gasteiger charge is 2.27. The second kappa shape index (κ2) is 4.39. The third-order valence-corrected chi connectivity index (χ3v) is 2.92. The normalized spacial score (nSPS) is 16.0. The molecule has 0 atom stereocenters. The van der Waals surface area contributed by atoms with E-state index >= 15 is 0 Å². The van der Waals surface area contributed by atoms with Crippen LogP contribution in [0.1, 0.15) is 42.4 Å². The topological polar surface area (TPSA) is 36.1 Å². The highest BCUT2D eigenvalue weighted by molar-refractivity contribution is 9.18. The highest BCUT2D eigenvalue weighted by atomic mass is 79.9. The Bertz CT molecular complexity index is 489. The summed E-state index contributed by atoms with van der Waals surface area (Å²) in [5, 5.41) is 8.97. The van der Waals surface area contributed by atoms with Gasteiger partial charge in [0.1, 0.15) is 0 Å². The molecule has 1 aromatic rings. The van der Waals surface area contributed by atoms with Crippen LogP contribution in [-0.4, -0.2) is 4.62 Å². The average molecular weight is 277 g/mol. The zero-order valence-electron chi connectivity index (χ0n) is 9.42. The Morgan fingerprint density at radius 3 is 2.69 bits per heavy atom. The van der Waals surface area contributed by atoms with Gasteiger partial charge in [0.15, 0.2) is 0 Å². The van der Waals surface area contributed by atoms with Crippen molar-refractivity contribution in [1.82, 2.24) is 0 Å². The van der Waals surface area contributed by atoms with E-state index in [2.05, 4.69) is 27.0 Å². The molecule has 0 unspecified atom stereocenters. The van der Waals surface area contributed by atoms with Crippen molar-refractivity contribution < 1.29 is 0 Å². The van der Waals surface area contributed by atoms with Crippen LogP contribution >= 0.6 is 15.9 Å². The van der Waals surface area contributed by atoms with E-state index in [-0.39, 0.29) is 0 Å². The molecule has 0 radical (unpaired) electrons. The number of halogens is 1. The van der Waals surface area contributed by atoms with Gasteiger partial charge in [-0.15, -0.1) is 0 Å². The fourth-order valence-electron chi connectivity index (χ4n) is 1.88. The lowest BCUT2D eigenvalue weighted by atomic mass is 10.0. The van der Waals surface area contributed by atoms with Gasteiger partial charge in [-0.25, -0.2) is 4.99 Å². The molecule has 1 aliphatic rings. The van der Waals surface area contributed by atoms with Gasteiger partial charge in [0.05, 0.1) is 21.9 Å². The molecule has 0 aliphatic heterocycles. The minimum absolute atomic E-state index is 0.609. The molecular formula is C13H13BrN2. The van der Waals surface area contributed by atoms with E-state index in [9.17, 15) is 0 Å². The fourth-order valence-corrected chi connectivity index (χ4v) is 2.06. The molecule has 0 N–H and O–H groups in total. The molecule has 1 saturated carbocycles. The predicted octanol–water partition coefficient (Wildman–Crippen LogP) is 4.19. The molecule has 82 valence electrons. The van der Waals surface area contributed by atoms with Gasteiger partial charge in [0, 0.05) is 0 Å². The zero-order valence-corrected chi connectivity index (χ0v) is 11.0. The van der Waals surface area contributed by atoms with Crippen molar-refractivity contribution in [2.24, 2.45) is 4.99 Å². The fraction of sp³-hybridized carbons (Fsp3) is 0.385. The molecule has 0 bridgehead atoms. The van der Waals surface area contributed by atoms with E-state index in [1.54, 1.807) is 0 Å². The van der Waals surface area contributed by atoms with E-state index in [0.29, 0.717) is 5.92 Å². The van der Waals surface area contributed by atoms with Crippen LogP contribution in [-0.2, 0) is 0 Å². The van der Waals surface area contributed by atoms with E-state index in [0.717, 1.165) is 21.4 Å². The summed E-state index contributed by atoms with van der Waals surface area (Å²) < 4.78 is 0.877. The van der Waals surface area contributed by atoms with Crippen LogP contribution in [0.3, 0.4) is 0 Å². The molecule has 0 saturated heterocycles. The summed E-state index contributed by atoms with van der Waals surface area (Å²) in [4.78, 5) is 4.52. The second-order valence-electron chi connectivity index (χ2n) is 4.23. The number of benzene rings is 1. The first-order valence-corrected chi connectivity index (χ1v) is 6.16. The van der Waals surface area contributed by atoms with Crippen molar-refractivity contribution in [1.29, 1.82) is 5.26 Å². The molecule has 0 heterocycles. The number of nitriles is 1. The monoisotopic (exact) mass is 276 g/mol. The van der Waals surface area contributed by atoms with Gasteiger partial charge < -0.3 is 0 Å². The number of rotatable bonds is 2. The Morgan fingerprint density at radius 1 is 1.50 bits per heavy atom. The summed E-state index contributed by atoms with van der Waals surface area (Å²) in [6.45, 7) is 3.94. The summed E-state index contributed by atoms with van der Waals surface area (Å²) in [5.41, 5.74) is 4.09. The number of hydrogen-bond acceptors (Lipinski definition) is 2. The van der Waals surface area contributed by atoms with Gasteiger partial charge in [0.25, 0.3) is 0 Å². The first-order chi connectivity index (χ1) is 7.61. The van der Waals surface area contributed by atoms with E-state index in [1.165, 1.54) is 18.4 Å². The van der Waals surface area contributed by atoms with Gasteiger partial charge in [-0.3, -0.25) is 0 Å². The average Bonchev–Trinajstić information content (AvgIpc) is 3.03. The molecule has 3 heteroatoms. The minimum atomic E-state index is 0.609. The van der Waals surface area contributed by atoms with Gasteiger partial charge in [-0.05, 0) is 71.8 Å². The van der Waals surface area contributed by atoms with Gasteiger partial charge in [0.2, 0.25) is 0 Å². The smallest absolute Gasteiger partial charge is 0.0991 e. The Balaban J connectivity index is 2.57. The number of aryl methyl sites for hydroxylation is 1.